The highest BCUT2D eigenvalue weighted by Crippen LogP contribution is 2.16. The second-order valence-electron chi connectivity index (χ2n) is 5.92. The largest absolute Gasteiger partial charge is 0.460 e. The Balaban J connectivity index is 1.93. The van der Waals surface area contributed by atoms with Gasteiger partial charge in [-0.05, 0) is 18.2 Å². The molecule has 0 aliphatic rings. The summed E-state index contributed by atoms with van der Waals surface area (Å²) in [5.41, 5.74) is 0.0852. The SMILES string of the molecule is C[Si](C)(C)CCOCOc1cc2ccccc2oc1=O. The zero-order valence-electron chi connectivity index (χ0n) is 12.1. The van der Waals surface area contributed by atoms with Crippen LogP contribution in [0.4, 0.5) is 0 Å². The summed E-state index contributed by atoms with van der Waals surface area (Å²) in [5, 5.41) is 0.837. The highest BCUT2D eigenvalue weighted by molar-refractivity contribution is 6.76. The topological polar surface area (TPSA) is 48.7 Å². The summed E-state index contributed by atoms with van der Waals surface area (Å²) < 4.78 is 15.9. The lowest BCUT2D eigenvalue weighted by atomic mass is 10.2. The third-order valence-electron chi connectivity index (χ3n) is 2.90. The predicted molar refractivity (Wildman–Crippen MR) is 82.1 cm³/mol. The van der Waals surface area contributed by atoms with Crippen LogP contribution >= 0.6 is 0 Å². The first-order chi connectivity index (χ1) is 9.46. The molecule has 0 N–H and O–H groups in total. The van der Waals surface area contributed by atoms with Crippen molar-refractivity contribution in [2.24, 2.45) is 0 Å². The van der Waals surface area contributed by atoms with Crippen LogP contribution in [0.25, 0.3) is 11.0 Å². The van der Waals surface area contributed by atoms with Crippen LogP contribution in [-0.4, -0.2) is 21.5 Å². The van der Waals surface area contributed by atoms with Crippen LogP contribution in [-0.2, 0) is 4.74 Å². The molecular formula is C15H20O4Si. The quantitative estimate of drug-likeness (QED) is 0.354. The Morgan fingerprint density at radius 1 is 1.20 bits per heavy atom. The Hall–Kier alpha value is -1.59. The summed E-state index contributed by atoms with van der Waals surface area (Å²) in [6, 6.07) is 10.1. The number of fused-ring (bicyclic) bond motifs is 1. The first-order valence-corrected chi connectivity index (χ1v) is 10.4. The average molecular weight is 292 g/mol. The van der Waals surface area contributed by atoms with Gasteiger partial charge >= 0.3 is 5.63 Å². The molecule has 1 heterocycles. The van der Waals surface area contributed by atoms with Gasteiger partial charge in [-0.15, -0.1) is 0 Å². The van der Waals surface area contributed by atoms with E-state index in [1.807, 2.05) is 18.2 Å². The van der Waals surface area contributed by atoms with Crippen LogP contribution in [0.5, 0.6) is 5.75 Å². The van der Waals surface area contributed by atoms with Crippen molar-refractivity contribution >= 4 is 19.0 Å². The Kier molecular flexibility index (Phi) is 4.62. The van der Waals surface area contributed by atoms with Gasteiger partial charge in [0, 0.05) is 20.1 Å². The van der Waals surface area contributed by atoms with Gasteiger partial charge in [0.1, 0.15) is 5.58 Å². The monoisotopic (exact) mass is 292 g/mol. The molecule has 0 amide bonds. The van der Waals surface area contributed by atoms with Gasteiger partial charge in [0.2, 0.25) is 5.75 Å². The van der Waals surface area contributed by atoms with E-state index in [0.29, 0.717) is 12.2 Å². The highest BCUT2D eigenvalue weighted by atomic mass is 28.3. The van der Waals surface area contributed by atoms with Crippen LogP contribution < -0.4 is 10.4 Å². The maximum atomic E-state index is 11.7. The van der Waals surface area contributed by atoms with Crippen LogP contribution in [0, 0.1) is 0 Å². The van der Waals surface area contributed by atoms with E-state index in [0.717, 1.165) is 11.4 Å². The second kappa shape index (κ2) is 6.24. The molecule has 4 nitrogen and oxygen atoms in total. The van der Waals surface area contributed by atoms with Crippen molar-refractivity contribution in [2.75, 3.05) is 13.4 Å². The molecule has 0 bridgehead atoms. The minimum absolute atomic E-state index is 0.0770. The van der Waals surface area contributed by atoms with E-state index in [1.54, 1.807) is 12.1 Å². The number of para-hydroxylation sites is 1. The molecule has 5 heteroatoms. The van der Waals surface area contributed by atoms with E-state index in [1.165, 1.54) is 0 Å². The summed E-state index contributed by atoms with van der Waals surface area (Å²) in [4.78, 5) is 11.7. The maximum Gasteiger partial charge on any atom is 0.379 e. The first-order valence-electron chi connectivity index (χ1n) is 6.69. The van der Waals surface area contributed by atoms with Gasteiger partial charge in [-0.1, -0.05) is 37.8 Å². The van der Waals surface area contributed by atoms with Crippen molar-refractivity contribution in [1.82, 2.24) is 0 Å². The summed E-state index contributed by atoms with van der Waals surface area (Å²) in [6.07, 6.45) is 0. The normalized spacial score (nSPS) is 11.8. The smallest absolute Gasteiger partial charge is 0.379 e. The summed E-state index contributed by atoms with van der Waals surface area (Å²) in [6.45, 7) is 7.60. The number of ether oxygens (including phenoxy) is 2. The molecule has 2 aromatic rings. The summed E-state index contributed by atoms with van der Waals surface area (Å²) in [7, 11) is -1.09. The minimum atomic E-state index is -1.09. The fraction of sp³-hybridized carbons (Fsp3) is 0.400. The van der Waals surface area contributed by atoms with Gasteiger partial charge in [0.25, 0.3) is 0 Å². The number of hydrogen-bond donors (Lipinski definition) is 0. The van der Waals surface area contributed by atoms with E-state index in [2.05, 4.69) is 19.6 Å². The number of benzene rings is 1. The fourth-order valence-electron chi connectivity index (χ4n) is 1.69. The third-order valence-corrected chi connectivity index (χ3v) is 4.61. The molecule has 1 aromatic heterocycles. The molecule has 108 valence electrons. The van der Waals surface area contributed by atoms with Crippen molar-refractivity contribution in [1.29, 1.82) is 0 Å². The Bertz CT molecular complexity index is 628. The van der Waals surface area contributed by atoms with Crippen LogP contribution in [0.15, 0.2) is 39.5 Å². The Labute approximate surface area is 119 Å². The molecule has 0 saturated heterocycles. The predicted octanol–water partition coefficient (Wildman–Crippen LogP) is 3.48. The maximum absolute atomic E-state index is 11.7. The van der Waals surface area contributed by atoms with Gasteiger partial charge in [0.15, 0.2) is 6.79 Å². The van der Waals surface area contributed by atoms with Gasteiger partial charge in [0.05, 0.1) is 0 Å². The molecule has 0 spiro atoms. The fourth-order valence-corrected chi connectivity index (χ4v) is 2.44. The average Bonchev–Trinajstić information content (AvgIpc) is 2.37. The van der Waals surface area contributed by atoms with Crippen molar-refractivity contribution in [2.45, 2.75) is 25.7 Å². The summed E-state index contributed by atoms with van der Waals surface area (Å²) >= 11 is 0. The summed E-state index contributed by atoms with van der Waals surface area (Å²) in [5.74, 6) is 0.191. The third kappa shape index (κ3) is 4.21. The van der Waals surface area contributed by atoms with E-state index < -0.39 is 13.7 Å². The van der Waals surface area contributed by atoms with Gasteiger partial charge in [-0.2, -0.15) is 0 Å². The lowest BCUT2D eigenvalue weighted by Gasteiger charge is -2.15. The zero-order valence-corrected chi connectivity index (χ0v) is 13.1. The van der Waals surface area contributed by atoms with Crippen LogP contribution in [0.3, 0.4) is 0 Å². The molecule has 0 unspecified atom stereocenters. The molecule has 0 aliphatic heterocycles. The highest BCUT2D eigenvalue weighted by Gasteiger charge is 2.12. The zero-order chi connectivity index (χ0) is 14.6. The van der Waals surface area contributed by atoms with Gasteiger partial charge in [-0.25, -0.2) is 4.79 Å². The lowest BCUT2D eigenvalue weighted by molar-refractivity contribution is 0.0201. The van der Waals surface area contributed by atoms with Crippen LogP contribution in [0.1, 0.15) is 0 Å². The van der Waals surface area contributed by atoms with E-state index in [-0.39, 0.29) is 12.5 Å². The molecule has 20 heavy (non-hydrogen) atoms. The van der Waals surface area contributed by atoms with E-state index in [9.17, 15) is 4.79 Å². The molecule has 0 fully saturated rings. The molecule has 0 atom stereocenters. The van der Waals surface area contributed by atoms with Crippen molar-refractivity contribution in [3.8, 4) is 5.75 Å². The minimum Gasteiger partial charge on any atom is -0.460 e. The molecular weight excluding hydrogens is 272 g/mol. The van der Waals surface area contributed by atoms with E-state index >= 15 is 0 Å². The molecule has 2 rings (SSSR count). The number of hydrogen-bond acceptors (Lipinski definition) is 4. The second-order valence-corrected chi connectivity index (χ2v) is 11.5. The van der Waals surface area contributed by atoms with Gasteiger partial charge < -0.3 is 13.9 Å². The van der Waals surface area contributed by atoms with Crippen molar-refractivity contribution < 1.29 is 13.9 Å². The Morgan fingerprint density at radius 3 is 2.70 bits per heavy atom. The standard InChI is InChI=1S/C15H20O4Si/c1-20(2,3)9-8-17-11-18-14-10-12-6-4-5-7-13(12)19-15(14)16/h4-7,10H,8-9,11H2,1-3H3. The molecule has 0 aliphatic carbocycles. The first kappa shape index (κ1) is 14.8. The van der Waals surface area contributed by atoms with E-state index in [4.69, 9.17) is 13.9 Å². The number of rotatable bonds is 6. The molecule has 1 aromatic carbocycles. The van der Waals surface area contributed by atoms with Crippen LogP contribution in [0.2, 0.25) is 25.7 Å². The van der Waals surface area contributed by atoms with Gasteiger partial charge in [-0.3, -0.25) is 0 Å². The molecule has 0 radical (unpaired) electrons. The van der Waals surface area contributed by atoms with Crippen molar-refractivity contribution in [3.05, 3.63) is 40.8 Å². The van der Waals surface area contributed by atoms with Crippen molar-refractivity contribution in [3.63, 3.8) is 0 Å². The lowest BCUT2D eigenvalue weighted by Crippen LogP contribution is -2.22. The Morgan fingerprint density at radius 2 is 1.95 bits per heavy atom. The molecule has 0 saturated carbocycles.